The number of hydrogen-bond acceptors (Lipinski definition) is 3. The van der Waals surface area contributed by atoms with Crippen molar-refractivity contribution in [2.45, 2.75) is 39.2 Å². The van der Waals surface area contributed by atoms with Gasteiger partial charge in [-0.2, -0.15) is 0 Å². The van der Waals surface area contributed by atoms with Gasteiger partial charge in [0.25, 0.3) is 0 Å². The van der Waals surface area contributed by atoms with Gasteiger partial charge in [0, 0.05) is 19.1 Å². The Labute approximate surface area is 105 Å². The Morgan fingerprint density at radius 1 is 1.38 bits per heavy atom. The molecule has 0 spiro atoms. The van der Waals surface area contributed by atoms with Crippen LogP contribution in [0.5, 0.6) is 0 Å². The molecule has 0 aliphatic carbocycles. The van der Waals surface area contributed by atoms with Crippen molar-refractivity contribution in [3.63, 3.8) is 0 Å². The molecule has 98 valence electrons. The van der Waals surface area contributed by atoms with Crippen LogP contribution < -0.4 is 10.6 Å². The van der Waals surface area contributed by atoms with Gasteiger partial charge < -0.3 is 15.7 Å². The summed E-state index contributed by atoms with van der Waals surface area (Å²) in [5, 5.41) is 14.8. The van der Waals surface area contributed by atoms with Crippen molar-refractivity contribution in [3.05, 3.63) is 0 Å². The molecule has 0 saturated carbocycles. The minimum atomic E-state index is 0. The summed E-state index contributed by atoms with van der Waals surface area (Å²) in [5.74, 6) is 0.447. The first-order valence-electron chi connectivity index (χ1n) is 5.66. The number of carbonyl (C=O) groups excluding carboxylic acids is 1. The van der Waals surface area contributed by atoms with E-state index in [9.17, 15) is 4.79 Å². The van der Waals surface area contributed by atoms with Crippen LogP contribution in [0.1, 0.15) is 33.1 Å². The molecule has 0 rings (SSSR count). The van der Waals surface area contributed by atoms with Gasteiger partial charge in [0.15, 0.2) is 0 Å². The normalized spacial score (nSPS) is 12.1. The first-order valence-corrected chi connectivity index (χ1v) is 5.66. The van der Waals surface area contributed by atoms with E-state index in [1.54, 1.807) is 0 Å². The van der Waals surface area contributed by atoms with Crippen LogP contribution in [0.15, 0.2) is 0 Å². The summed E-state index contributed by atoms with van der Waals surface area (Å²) in [6, 6.07) is 0.0945. The van der Waals surface area contributed by atoms with E-state index >= 15 is 0 Å². The van der Waals surface area contributed by atoms with Crippen LogP contribution in [0.25, 0.3) is 0 Å². The van der Waals surface area contributed by atoms with Gasteiger partial charge in [-0.05, 0) is 32.4 Å². The van der Waals surface area contributed by atoms with Crippen molar-refractivity contribution < 1.29 is 9.90 Å². The fourth-order valence-electron chi connectivity index (χ4n) is 1.42. The molecule has 0 radical (unpaired) electrons. The van der Waals surface area contributed by atoms with E-state index in [0.29, 0.717) is 18.8 Å². The quantitative estimate of drug-likeness (QED) is 0.564. The number of amides is 1. The summed E-state index contributed by atoms with van der Waals surface area (Å²) < 4.78 is 0. The third-order valence-corrected chi connectivity index (χ3v) is 2.42. The Kier molecular flexibility index (Phi) is 12.6. The Morgan fingerprint density at radius 3 is 2.44 bits per heavy atom. The van der Waals surface area contributed by atoms with Crippen molar-refractivity contribution >= 4 is 18.3 Å². The smallest absolute Gasteiger partial charge is 0.220 e. The van der Waals surface area contributed by atoms with Crippen LogP contribution in [0.3, 0.4) is 0 Å². The molecule has 1 atom stereocenters. The summed E-state index contributed by atoms with van der Waals surface area (Å²) in [6.07, 6.45) is 2.04. The topological polar surface area (TPSA) is 61.4 Å². The maximum absolute atomic E-state index is 11.5. The first-order chi connectivity index (χ1) is 7.11. The van der Waals surface area contributed by atoms with Crippen LogP contribution in [-0.4, -0.2) is 37.3 Å². The number of aliphatic hydroxyl groups is 1. The fraction of sp³-hybridized carbons (Fsp3) is 0.909. The van der Waals surface area contributed by atoms with Gasteiger partial charge in [0.05, 0.1) is 0 Å². The van der Waals surface area contributed by atoms with Crippen molar-refractivity contribution in [1.29, 1.82) is 0 Å². The number of nitrogens with one attached hydrogen (secondary N) is 2. The molecular formula is C11H25ClN2O2. The Balaban J connectivity index is 0. The van der Waals surface area contributed by atoms with E-state index in [2.05, 4.69) is 10.6 Å². The zero-order valence-corrected chi connectivity index (χ0v) is 11.3. The van der Waals surface area contributed by atoms with E-state index in [1.165, 1.54) is 0 Å². The molecule has 0 saturated heterocycles. The van der Waals surface area contributed by atoms with E-state index in [4.69, 9.17) is 5.11 Å². The molecule has 0 bridgehead atoms. The second-order valence-corrected chi connectivity index (χ2v) is 4.14. The summed E-state index contributed by atoms with van der Waals surface area (Å²) in [6.45, 7) is 5.09. The molecule has 0 aromatic rings. The van der Waals surface area contributed by atoms with Gasteiger partial charge in [0.2, 0.25) is 5.91 Å². The number of aliphatic hydroxyl groups excluding tert-OH is 1. The summed E-state index contributed by atoms with van der Waals surface area (Å²) in [5.41, 5.74) is 0. The van der Waals surface area contributed by atoms with Gasteiger partial charge in [0.1, 0.15) is 0 Å². The van der Waals surface area contributed by atoms with E-state index in [0.717, 1.165) is 13.0 Å². The first kappa shape index (κ1) is 18.1. The number of hydrogen-bond donors (Lipinski definition) is 3. The molecule has 0 aromatic carbocycles. The molecule has 0 heterocycles. The number of halogens is 1. The highest BCUT2D eigenvalue weighted by Crippen LogP contribution is 2.05. The predicted molar refractivity (Wildman–Crippen MR) is 68.9 cm³/mol. The Bertz CT molecular complexity index is 177. The van der Waals surface area contributed by atoms with Gasteiger partial charge in [-0.1, -0.05) is 13.8 Å². The third kappa shape index (κ3) is 8.95. The van der Waals surface area contributed by atoms with Crippen molar-refractivity contribution in [3.8, 4) is 0 Å². The van der Waals surface area contributed by atoms with Crippen molar-refractivity contribution in [1.82, 2.24) is 10.6 Å². The highest BCUT2D eigenvalue weighted by Gasteiger charge is 2.14. The zero-order valence-electron chi connectivity index (χ0n) is 10.5. The molecule has 0 fully saturated rings. The zero-order chi connectivity index (χ0) is 11.7. The standard InChI is InChI=1S/C11H24N2O2.ClH/c1-9(2)10(6-8-14)13-11(15)5-4-7-12-3;/h9-10,12,14H,4-8H2,1-3H3,(H,13,15);1H. The molecule has 5 heteroatoms. The van der Waals surface area contributed by atoms with E-state index < -0.39 is 0 Å². The molecule has 1 unspecified atom stereocenters. The molecule has 4 nitrogen and oxygen atoms in total. The minimum absolute atomic E-state index is 0. The maximum atomic E-state index is 11.5. The van der Waals surface area contributed by atoms with Gasteiger partial charge in [-0.25, -0.2) is 0 Å². The van der Waals surface area contributed by atoms with Crippen LogP contribution in [0.2, 0.25) is 0 Å². The highest BCUT2D eigenvalue weighted by atomic mass is 35.5. The van der Waals surface area contributed by atoms with Gasteiger partial charge in [-0.3, -0.25) is 4.79 Å². The lowest BCUT2D eigenvalue weighted by atomic mass is 10.0. The van der Waals surface area contributed by atoms with Crippen LogP contribution in [0, 0.1) is 5.92 Å². The van der Waals surface area contributed by atoms with Crippen LogP contribution in [-0.2, 0) is 4.79 Å². The summed E-state index contributed by atoms with van der Waals surface area (Å²) in [7, 11) is 1.88. The lowest BCUT2D eigenvalue weighted by Gasteiger charge is -2.21. The van der Waals surface area contributed by atoms with Gasteiger partial charge in [-0.15, -0.1) is 12.4 Å². The monoisotopic (exact) mass is 252 g/mol. The predicted octanol–water partition coefficient (Wildman–Crippen LogP) is 0.931. The minimum Gasteiger partial charge on any atom is -0.396 e. The Morgan fingerprint density at radius 2 is 2.00 bits per heavy atom. The van der Waals surface area contributed by atoms with Crippen molar-refractivity contribution in [2.75, 3.05) is 20.2 Å². The largest absolute Gasteiger partial charge is 0.396 e. The lowest BCUT2D eigenvalue weighted by molar-refractivity contribution is -0.122. The fourth-order valence-corrected chi connectivity index (χ4v) is 1.42. The van der Waals surface area contributed by atoms with Crippen molar-refractivity contribution in [2.24, 2.45) is 5.92 Å². The molecule has 16 heavy (non-hydrogen) atoms. The van der Waals surface area contributed by atoms with Crippen LogP contribution >= 0.6 is 12.4 Å². The Hall–Kier alpha value is -0.320. The second kappa shape index (κ2) is 11.2. The number of rotatable bonds is 8. The maximum Gasteiger partial charge on any atom is 0.220 e. The average molecular weight is 253 g/mol. The molecular weight excluding hydrogens is 228 g/mol. The molecule has 1 amide bonds. The second-order valence-electron chi connectivity index (χ2n) is 4.14. The SMILES string of the molecule is CNCCCC(=O)NC(CCO)C(C)C.Cl. The average Bonchev–Trinajstić information content (AvgIpc) is 2.17. The molecule has 0 aliphatic rings. The molecule has 0 aromatic heterocycles. The number of carbonyl (C=O) groups is 1. The summed E-state index contributed by atoms with van der Waals surface area (Å²) in [4.78, 5) is 11.5. The van der Waals surface area contributed by atoms with E-state index in [1.807, 2.05) is 20.9 Å². The van der Waals surface area contributed by atoms with Gasteiger partial charge >= 0.3 is 0 Å². The van der Waals surface area contributed by atoms with E-state index in [-0.39, 0.29) is 31.0 Å². The van der Waals surface area contributed by atoms with Crippen LogP contribution in [0.4, 0.5) is 0 Å². The molecule has 0 aliphatic heterocycles. The summed E-state index contributed by atoms with van der Waals surface area (Å²) >= 11 is 0. The lowest BCUT2D eigenvalue weighted by Crippen LogP contribution is -2.39. The third-order valence-electron chi connectivity index (χ3n) is 2.42. The molecule has 3 N–H and O–H groups in total. The highest BCUT2D eigenvalue weighted by molar-refractivity contribution is 5.85.